The van der Waals surface area contributed by atoms with Gasteiger partial charge in [0.05, 0.1) is 6.61 Å². The molecule has 8 heteroatoms. The summed E-state index contributed by atoms with van der Waals surface area (Å²) in [7, 11) is 0. The summed E-state index contributed by atoms with van der Waals surface area (Å²) in [6.07, 6.45) is 39.2. The largest absolute Gasteiger partial charge is 2.00 e. The van der Waals surface area contributed by atoms with Crippen molar-refractivity contribution in [2.24, 2.45) is 5.92 Å². The molecule has 0 aromatic carbocycles. The predicted molar refractivity (Wildman–Crippen MR) is 226 cm³/mol. The minimum atomic E-state index is 0. The van der Waals surface area contributed by atoms with E-state index in [9.17, 15) is 19.2 Å². The molecule has 2 aliphatic heterocycles. The average molecular weight is 987 g/mol. The van der Waals surface area contributed by atoms with Crippen molar-refractivity contribution in [2.75, 3.05) is 45.9 Å². The van der Waals surface area contributed by atoms with Crippen molar-refractivity contribution in [1.82, 2.24) is 9.80 Å². The maximum Gasteiger partial charge on any atom is 2.00 e. The summed E-state index contributed by atoms with van der Waals surface area (Å²) < 4.78 is 4.54. The van der Waals surface area contributed by atoms with E-state index in [4.69, 9.17) is 0 Å². The standard InChI is InChI=1S/C18H38.C11H20NO.C10H18O3.C7H12NO.U/c1-4-6-8-10-12-14-16-18(3)17-15-13-11-9-7-5-2;1-11(13)7-3-2-4-8-12-9-5-6-10-12;1-10(12)7-5-3-2-4-6-8-13-9-11;9-7-3-6-8-4-1-2-5-8;/h18H,4-17H2,1-3H3;5H,2-4,6-10H2,1H3;9H,2-8H2,1H3;1-6H2;/q;-1;;-1;+2. The molecule has 0 spiro atoms. The van der Waals surface area contributed by atoms with Crippen molar-refractivity contribution >= 4 is 24.3 Å². The van der Waals surface area contributed by atoms with E-state index in [0.717, 1.165) is 57.4 Å². The fraction of sp³-hybridized carbons (Fsp3) is 0.891. The van der Waals surface area contributed by atoms with Crippen LogP contribution in [0.5, 0.6) is 0 Å². The van der Waals surface area contributed by atoms with Crippen LogP contribution >= 0.6 is 0 Å². The maximum atomic E-state index is 10.6. The minimum Gasteiger partial charge on any atom is -0.542 e. The molecule has 0 radical (unpaired) electrons. The zero-order valence-electron chi connectivity index (χ0n) is 36.4. The molecule has 2 saturated heterocycles. The number of unbranched alkanes of at least 4 members (excludes halogenated alkanes) is 16. The Balaban J connectivity index is -0.000000654. The van der Waals surface area contributed by atoms with E-state index in [1.54, 1.807) is 13.8 Å². The second kappa shape index (κ2) is 48.6. The van der Waals surface area contributed by atoms with Crippen LogP contribution in [-0.2, 0) is 23.9 Å². The van der Waals surface area contributed by atoms with Crippen molar-refractivity contribution in [1.29, 1.82) is 0 Å². The molecule has 7 nitrogen and oxygen atoms in total. The molecular weight excluding hydrogens is 899 g/mol. The van der Waals surface area contributed by atoms with Gasteiger partial charge in [-0.3, -0.25) is 11.1 Å². The third-order valence-electron chi connectivity index (χ3n) is 10.2. The Labute approximate surface area is 359 Å². The van der Waals surface area contributed by atoms with Crippen LogP contribution < -0.4 is 0 Å². The van der Waals surface area contributed by atoms with Crippen molar-refractivity contribution in [3.8, 4) is 0 Å². The van der Waals surface area contributed by atoms with Crippen LogP contribution in [0.4, 0.5) is 0 Å². The third kappa shape index (κ3) is 49.5. The molecule has 54 heavy (non-hydrogen) atoms. The number of rotatable bonds is 32. The fourth-order valence-electron chi connectivity index (χ4n) is 6.77. The fourth-order valence-corrected chi connectivity index (χ4v) is 6.77. The van der Waals surface area contributed by atoms with Gasteiger partial charge in [-0.25, -0.2) is 0 Å². The first-order chi connectivity index (χ1) is 25.8. The predicted octanol–water partition coefficient (Wildman–Crippen LogP) is 11.8. The van der Waals surface area contributed by atoms with Gasteiger partial charge in [0.2, 0.25) is 0 Å². The SMILES string of the molecule is CC(=O)CCCCCCCOC=O.CC(=O)CCCCCN1C[CH-]CC1.CCCCCCCCC(C)CCCCCCCC.O=[C-]CCN1CCCC1.[U+2]. The Kier molecular flexibility index (Phi) is 52.0. The summed E-state index contributed by atoms with van der Waals surface area (Å²) in [5.74, 6) is 1.57. The molecule has 0 atom stereocenters. The first-order valence-corrected chi connectivity index (χ1v) is 22.5. The number of carbonyl (C=O) groups excluding carboxylic acids is 4. The zero-order valence-corrected chi connectivity index (χ0v) is 40.6. The van der Waals surface area contributed by atoms with Crippen LogP contribution in [0.25, 0.3) is 0 Å². The van der Waals surface area contributed by atoms with Crippen molar-refractivity contribution in [2.45, 2.75) is 214 Å². The zero-order chi connectivity index (χ0) is 39.5. The summed E-state index contributed by atoms with van der Waals surface area (Å²) in [4.78, 5) is 45.6. The Hall–Kier alpha value is -0.548. The van der Waals surface area contributed by atoms with Gasteiger partial charge in [0.25, 0.3) is 6.47 Å². The first kappa shape index (κ1) is 57.8. The average Bonchev–Trinajstić information content (AvgIpc) is 3.87. The number of likely N-dealkylation sites (tertiary alicyclic amines) is 2. The van der Waals surface area contributed by atoms with Crippen LogP contribution in [-0.4, -0.2) is 80.0 Å². The van der Waals surface area contributed by atoms with E-state index in [1.807, 2.05) is 6.29 Å². The molecule has 316 valence electrons. The van der Waals surface area contributed by atoms with Crippen molar-refractivity contribution in [3.63, 3.8) is 0 Å². The quantitative estimate of drug-likeness (QED) is 0.0377. The number of ether oxygens (including phenoxy) is 1. The second-order valence-corrected chi connectivity index (χ2v) is 15.7. The van der Waals surface area contributed by atoms with E-state index >= 15 is 0 Å². The van der Waals surface area contributed by atoms with Crippen molar-refractivity contribution < 1.29 is 55.0 Å². The summed E-state index contributed by atoms with van der Waals surface area (Å²) in [5, 5.41) is 0. The summed E-state index contributed by atoms with van der Waals surface area (Å²) >= 11 is 0. The van der Waals surface area contributed by atoms with Crippen LogP contribution in [0.3, 0.4) is 0 Å². The summed E-state index contributed by atoms with van der Waals surface area (Å²) in [6.45, 7) is 18.3. The molecule has 0 aromatic heterocycles. The molecule has 0 saturated carbocycles. The summed E-state index contributed by atoms with van der Waals surface area (Å²) in [5.41, 5.74) is 0. The number of hydrogen-bond donors (Lipinski definition) is 0. The number of ketones is 2. The minimum absolute atomic E-state index is 0. The molecule has 2 fully saturated rings. The van der Waals surface area contributed by atoms with Crippen LogP contribution in [0, 0.1) is 43.5 Å². The Bertz CT molecular complexity index is 771. The molecule has 2 aliphatic rings. The van der Waals surface area contributed by atoms with Gasteiger partial charge < -0.3 is 35.3 Å². The molecule has 0 aliphatic carbocycles. The Morgan fingerprint density at radius 1 is 0.667 bits per heavy atom. The van der Waals surface area contributed by atoms with Gasteiger partial charge in [0.1, 0.15) is 11.6 Å². The van der Waals surface area contributed by atoms with E-state index in [-0.39, 0.29) is 36.9 Å². The van der Waals surface area contributed by atoms with Gasteiger partial charge in [-0.1, -0.05) is 136 Å². The van der Waals surface area contributed by atoms with Gasteiger partial charge in [-0.05, 0) is 91.0 Å². The van der Waals surface area contributed by atoms with E-state index < -0.39 is 0 Å². The monoisotopic (exact) mass is 987 g/mol. The number of hydrogen-bond acceptors (Lipinski definition) is 7. The van der Waals surface area contributed by atoms with E-state index in [0.29, 0.717) is 31.7 Å². The molecule has 0 bridgehead atoms. The second-order valence-electron chi connectivity index (χ2n) is 15.7. The molecule has 0 unspecified atom stereocenters. The van der Waals surface area contributed by atoms with E-state index in [1.165, 1.54) is 155 Å². The molecular formula is C46H88N2O5U. The number of carbonyl (C=O) groups is 3. The molecule has 0 amide bonds. The Morgan fingerprint density at radius 3 is 1.61 bits per heavy atom. The van der Waals surface area contributed by atoms with Gasteiger partial charge >= 0.3 is 31.1 Å². The third-order valence-corrected chi connectivity index (χ3v) is 10.2. The van der Waals surface area contributed by atoms with Crippen LogP contribution in [0.15, 0.2) is 0 Å². The van der Waals surface area contributed by atoms with Gasteiger partial charge in [-0.15, -0.1) is 13.0 Å². The molecule has 2 heterocycles. The van der Waals surface area contributed by atoms with Crippen LogP contribution in [0.1, 0.15) is 214 Å². The van der Waals surface area contributed by atoms with Gasteiger partial charge in [-0.2, -0.15) is 6.42 Å². The molecule has 2 rings (SSSR count). The van der Waals surface area contributed by atoms with Crippen LogP contribution in [0.2, 0.25) is 0 Å². The summed E-state index contributed by atoms with van der Waals surface area (Å²) in [6, 6.07) is 0. The van der Waals surface area contributed by atoms with Gasteiger partial charge in [0, 0.05) is 12.8 Å². The maximum absolute atomic E-state index is 10.6. The van der Waals surface area contributed by atoms with Gasteiger partial charge in [0.15, 0.2) is 0 Å². The first-order valence-electron chi connectivity index (χ1n) is 22.5. The van der Waals surface area contributed by atoms with Crippen molar-refractivity contribution in [3.05, 3.63) is 6.42 Å². The normalized spacial score (nSPS) is 13.8. The molecule has 0 aromatic rings. The number of nitrogens with zero attached hydrogens (tertiary/aromatic N) is 2. The smallest absolute Gasteiger partial charge is 0.542 e. The molecule has 0 N–H and O–H groups in total. The topological polar surface area (TPSA) is 84.0 Å². The number of Topliss-reactive ketones (excluding diaryl/α,β-unsaturated/α-hetero) is 2. The Morgan fingerprint density at radius 2 is 1.15 bits per heavy atom. The van der Waals surface area contributed by atoms with E-state index in [2.05, 4.69) is 41.7 Å².